The van der Waals surface area contributed by atoms with E-state index in [0.717, 1.165) is 58.0 Å². The van der Waals surface area contributed by atoms with E-state index in [9.17, 15) is 9.90 Å². The van der Waals surface area contributed by atoms with E-state index < -0.39 is 17.8 Å². The van der Waals surface area contributed by atoms with E-state index >= 15 is 4.39 Å². The Hall–Kier alpha value is -2.12. The van der Waals surface area contributed by atoms with E-state index in [1.54, 1.807) is 6.08 Å². The van der Waals surface area contributed by atoms with Crippen LogP contribution in [-0.2, 0) is 4.79 Å². The van der Waals surface area contributed by atoms with Crippen LogP contribution in [-0.4, -0.2) is 60.5 Å². The average Bonchev–Trinajstić information content (AvgIpc) is 3.61. The fourth-order valence-electron chi connectivity index (χ4n) is 5.42. The third-order valence-electron chi connectivity index (χ3n) is 7.58. The van der Waals surface area contributed by atoms with Gasteiger partial charge in [-0.1, -0.05) is 25.0 Å². The molecule has 1 saturated heterocycles. The number of fused-ring (bicyclic) bond motifs is 1. The molecule has 3 atom stereocenters. The number of alkyl halides is 1. The summed E-state index contributed by atoms with van der Waals surface area (Å²) < 4.78 is 26.4. The van der Waals surface area contributed by atoms with Crippen molar-refractivity contribution in [3.05, 3.63) is 36.4 Å². The Morgan fingerprint density at radius 2 is 1.94 bits per heavy atom. The van der Waals surface area contributed by atoms with Crippen LogP contribution in [0, 0.1) is 5.92 Å². The lowest BCUT2D eigenvalue weighted by Gasteiger charge is -2.29. The van der Waals surface area contributed by atoms with Gasteiger partial charge in [-0.05, 0) is 81.6 Å². The number of unbranched alkanes of at least 4 members (excludes halogenated alkanes) is 2. The third-order valence-corrected chi connectivity index (χ3v) is 7.58. The first-order valence-electron chi connectivity index (χ1n) is 13.4. The molecule has 194 valence electrons. The molecule has 7 heteroatoms. The van der Waals surface area contributed by atoms with Crippen LogP contribution in [0.1, 0.15) is 75.9 Å². The molecule has 3 aliphatic rings. The van der Waals surface area contributed by atoms with E-state index in [4.69, 9.17) is 9.47 Å². The van der Waals surface area contributed by atoms with Crippen molar-refractivity contribution in [2.24, 2.45) is 5.92 Å². The monoisotopic (exact) mass is 488 g/mol. The van der Waals surface area contributed by atoms with E-state index in [0.29, 0.717) is 56.1 Å². The molecule has 1 aromatic rings. The molecule has 2 N–H and O–H groups in total. The number of aliphatic hydroxyl groups excluding tert-OH is 1. The number of hydrogen-bond donors (Lipinski definition) is 2. The number of benzene rings is 1. The first-order valence-corrected chi connectivity index (χ1v) is 13.4. The lowest BCUT2D eigenvalue weighted by Crippen LogP contribution is -2.46. The van der Waals surface area contributed by atoms with Gasteiger partial charge in [0.2, 0.25) is 5.91 Å². The second kappa shape index (κ2) is 12.2. The van der Waals surface area contributed by atoms with E-state index in [-0.39, 0.29) is 11.8 Å². The Bertz CT molecular complexity index is 855. The highest BCUT2D eigenvalue weighted by Crippen LogP contribution is 2.47. The number of likely N-dealkylation sites (tertiary alicyclic amines) is 1. The van der Waals surface area contributed by atoms with Crippen LogP contribution in [0.5, 0.6) is 11.5 Å². The molecule has 0 bridgehead atoms. The standard InChI is InChI=1S/C28H41FN2O4/c1-2-13-28(29,22-10-11-22)14-5-3-4-8-26(32)30-23(20-31-15-6-7-16-31)27(33)21-9-12-24-25(19-21)35-18-17-34-24/h2,9,12,19,22-23,27,33H,1,3-8,10-11,13-18,20H2,(H,30,32). The van der Waals surface area contributed by atoms with Crippen LogP contribution < -0.4 is 14.8 Å². The number of nitrogens with one attached hydrogen (secondary N) is 1. The number of carbonyl (C=O) groups excluding carboxylic acids is 1. The van der Waals surface area contributed by atoms with Gasteiger partial charge in [-0.25, -0.2) is 4.39 Å². The molecule has 35 heavy (non-hydrogen) atoms. The second-order valence-corrected chi connectivity index (χ2v) is 10.4. The first kappa shape index (κ1) is 26.0. The predicted molar refractivity (Wildman–Crippen MR) is 134 cm³/mol. The Labute approximate surface area is 208 Å². The number of rotatable bonds is 14. The molecule has 1 amide bonds. The zero-order chi connectivity index (χ0) is 24.7. The molecular formula is C28H41FN2O4. The quantitative estimate of drug-likeness (QED) is 0.293. The summed E-state index contributed by atoms with van der Waals surface area (Å²) >= 11 is 0. The van der Waals surface area contributed by atoms with Crippen molar-refractivity contribution in [1.29, 1.82) is 0 Å². The Morgan fingerprint density at radius 1 is 1.20 bits per heavy atom. The Balaban J connectivity index is 1.28. The van der Waals surface area contributed by atoms with Crippen LogP contribution in [0.4, 0.5) is 4.39 Å². The maximum absolute atomic E-state index is 15.1. The lowest BCUT2D eigenvalue weighted by atomic mass is 9.89. The molecule has 6 nitrogen and oxygen atoms in total. The van der Waals surface area contributed by atoms with Crippen molar-refractivity contribution in [2.75, 3.05) is 32.8 Å². The van der Waals surface area contributed by atoms with Gasteiger partial charge in [-0.3, -0.25) is 4.79 Å². The van der Waals surface area contributed by atoms with Gasteiger partial charge >= 0.3 is 0 Å². The van der Waals surface area contributed by atoms with Gasteiger partial charge in [0.1, 0.15) is 25.0 Å². The summed E-state index contributed by atoms with van der Waals surface area (Å²) in [6.45, 7) is 7.29. The molecule has 2 aliphatic heterocycles. The molecule has 2 fully saturated rings. The molecule has 0 aromatic heterocycles. The fraction of sp³-hybridized carbons (Fsp3) is 0.679. The summed E-state index contributed by atoms with van der Waals surface area (Å²) in [4.78, 5) is 15.1. The molecule has 0 spiro atoms. The van der Waals surface area contributed by atoms with Crippen molar-refractivity contribution < 1.29 is 23.8 Å². The van der Waals surface area contributed by atoms with Crippen molar-refractivity contribution in [3.8, 4) is 11.5 Å². The second-order valence-electron chi connectivity index (χ2n) is 10.4. The minimum Gasteiger partial charge on any atom is -0.486 e. The number of amides is 1. The topological polar surface area (TPSA) is 71.0 Å². The SMILES string of the molecule is C=CCC(F)(CCCCCC(=O)NC(CN1CCCC1)C(O)c1ccc2c(c1)OCCO2)C1CC1. The Kier molecular flexibility index (Phi) is 9.06. The number of aliphatic hydroxyl groups is 1. The highest BCUT2D eigenvalue weighted by atomic mass is 19.1. The maximum Gasteiger partial charge on any atom is 0.220 e. The van der Waals surface area contributed by atoms with Crippen LogP contribution in [0.3, 0.4) is 0 Å². The van der Waals surface area contributed by atoms with Crippen molar-refractivity contribution >= 4 is 5.91 Å². The van der Waals surface area contributed by atoms with Gasteiger partial charge in [0.15, 0.2) is 11.5 Å². The summed E-state index contributed by atoms with van der Waals surface area (Å²) in [5.41, 5.74) is -0.404. The number of nitrogens with zero attached hydrogens (tertiary/aromatic N) is 1. The number of halogens is 1. The van der Waals surface area contributed by atoms with Crippen molar-refractivity contribution in [2.45, 2.75) is 82.0 Å². The molecule has 3 unspecified atom stereocenters. The summed E-state index contributed by atoms with van der Waals surface area (Å²) in [7, 11) is 0. The Morgan fingerprint density at radius 3 is 2.66 bits per heavy atom. The molecule has 1 aliphatic carbocycles. The molecular weight excluding hydrogens is 447 g/mol. The number of allylic oxidation sites excluding steroid dienone is 1. The van der Waals surface area contributed by atoms with Gasteiger partial charge in [-0.15, -0.1) is 6.58 Å². The van der Waals surface area contributed by atoms with Gasteiger partial charge < -0.3 is 24.8 Å². The summed E-state index contributed by atoms with van der Waals surface area (Å²) in [5.74, 6) is 1.44. The number of ether oxygens (including phenoxy) is 2. The maximum atomic E-state index is 15.1. The van der Waals surface area contributed by atoms with Gasteiger partial charge in [0.05, 0.1) is 6.04 Å². The lowest BCUT2D eigenvalue weighted by molar-refractivity contribution is -0.123. The molecule has 1 saturated carbocycles. The normalized spacial score (nSPS) is 21.2. The molecule has 0 radical (unpaired) electrons. The molecule has 1 aromatic carbocycles. The minimum absolute atomic E-state index is 0.0643. The highest BCUT2D eigenvalue weighted by molar-refractivity contribution is 5.76. The molecule has 2 heterocycles. The first-order chi connectivity index (χ1) is 17.0. The van der Waals surface area contributed by atoms with Crippen LogP contribution in [0.25, 0.3) is 0 Å². The third kappa shape index (κ3) is 7.20. The minimum atomic E-state index is -1.11. The van der Waals surface area contributed by atoms with E-state index in [1.807, 2.05) is 18.2 Å². The average molecular weight is 489 g/mol. The van der Waals surface area contributed by atoms with Gasteiger partial charge in [-0.2, -0.15) is 0 Å². The largest absolute Gasteiger partial charge is 0.486 e. The van der Waals surface area contributed by atoms with Gasteiger partial charge in [0, 0.05) is 13.0 Å². The smallest absolute Gasteiger partial charge is 0.220 e. The zero-order valence-corrected chi connectivity index (χ0v) is 20.9. The fourth-order valence-corrected chi connectivity index (χ4v) is 5.42. The van der Waals surface area contributed by atoms with E-state index in [1.165, 1.54) is 0 Å². The van der Waals surface area contributed by atoms with E-state index in [2.05, 4.69) is 16.8 Å². The summed E-state index contributed by atoms with van der Waals surface area (Å²) in [6.07, 6.45) is 8.78. The van der Waals surface area contributed by atoms with Crippen molar-refractivity contribution in [1.82, 2.24) is 10.2 Å². The number of hydrogen-bond acceptors (Lipinski definition) is 5. The predicted octanol–water partition coefficient (Wildman–Crippen LogP) is 4.72. The number of carbonyl (C=O) groups is 1. The van der Waals surface area contributed by atoms with Crippen molar-refractivity contribution in [3.63, 3.8) is 0 Å². The van der Waals surface area contributed by atoms with Crippen LogP contribution in [0.2, 0.25) is 0 Å². The van der Waals surface area contributed by atoms with Crippen LogP contribution in [0.15, 0.2) is 30.9 Å². The molecule has 4 rings (SSSR count). The zero-order valence-electron chi connectivity index (χ0n) is 20.9. The van der Waals surface area contributed by atoms with Crippen LogP contribution >= 0.6 is 0 Å². The highest BCUT2D eigenvalue weighted by Gasteiger charge is 2.44. The van der Waals surface area contributed by atoms with Gasteiger partial charge in [0.25, 0.3) is 0 Å². The summed E-state index contributed by atoms with van der Waals surface area (Å²) in [5, 5.41) is 14.3. The summed E-state index contributed by atoms with van der Waals surface area (Å²) in [6, 6.07) is 5.06.